The molecule has 1 heterocycles. The zero-order valence-electron chi connectivity index (χ0n) is 15.6. The highest BCUT2D eigenvalue weighted by Gasteiger charge is 2.29. The van der Waals surface area contributed by atoms with Crippen molar-refractivity contribution in [2.45, 2.75) is 19.1 Å². The number of methoxy groups -OCH3 is 1. The Labute approximate surface area is 158 Å². The molecule has 27 heavy (non-hydrogen) atoms. The van der Waals surface area contributed by atoms with Crippen LogP contribution >= 0.6 is 0 Å². The third kappa shape index (κ3) is 4.51. The maximum Gasteiger partial charge on any atom is 0.251 e. The number of halogens is 2. The summed E-state index contributed by atoms with van der Waals surface area (Å²) in [5.41, 5.74) is 1.88. The average Bonchev–Trinajstić information content (AvgIpc) is 2.70. The van der Waals surface area contributed by atoms with Crippen LogP contribution in [0.4, 0.5) is 8.78 Å². The van der Waals surface area contributed by atoms with Crippen LogP contribution in [0, 0.1) is 11.6 Å². The Balaban J connectivity index is 1.81. The van der Waals surface area contributed by atoms with Crippen LogP contribution in [0.2, 0.25) is 0 Å². The van der Waals surface area contributed by atoms with Crippen LogP contribution in [0.5, 0.6) is 0 Å². The molecule has 1 aliphatic rings. The third-order valence-corrected chi connectivity index (χ3v) is 5.06. The van der Waals surface area contributed by atoms with E-state index in [0.717, 1.165) is 11.1 Å². The first-order valence-corrected chi connectivity index (χ1v) is 9.06. The van der Waals surface area contributed by atoms with Crippen LogP contribution in [0.3, 0.4) is 0 Å². The van der Waals surface area contributed by atoms with Gasteiger partial charge in [-0.25, -0.2) is 8.78 Å². The topological polar surface area (TPSA) is 32.8 Å². The second-order valence-corrected chi connectivity index (χ2v) is 6.74. The molecule has 2 aromatic rings. The van der Waals surface area contributed by atoms with Crippen LogP contribution in [-0.4, -0.2) is 55.1 Å². The van der Waals surface area contributed by atoms with E-state index in [2.05, 4.69) is 4.90 Å². The summed E-state index contributed by atoms with van der Waals surface area (Å²) in [7, 11) is 1.53. The number of ether oxygens (including phenoxy) is 1. The van der Waals surface area contributed by atoms with Crippen molar-refractivity contribution in [1.29, 1.82) is 0 Å². The Hall–Kier alpha value is -2.31. The molecular formula is C21H24F2N2O2. The summed E-state index contributed by atoms with van der Waals surface area (Å²) in [6.45, 7) is 4.26. The first-order chi connectivity index (χ1) is 13.0. The number of piperazine rings is 1. The van der Waals surface area contributed by atoms with E-state index >= 15 is 0 Å². The van der Waals surface area contributed by atoms with Gasteiger partial charge in [-0.1, -0.05) is 24.3 Å². The van der Waals surface area contributed by atoms with Crippen molar-refractivity contribution in [1.82, 2.24) is 9.80 Å². The van der Waals surface area contributed by atoms with Gasteiger partial charge in [-0.2, -0.15) is 0 Å². The minimum absolute atomic E-state index is 0.0164. The normalized spacial score (nSPS) is 16.6. The molecule has 6 heteroatoms. The number of rotatable bonds is 5. The molecule has 1 amide bonds. The summed E-state index contributed by atoms with van der Waals surface area (Å²) >= 11 is 0. The lowest BCUT2D eigenvalue weighted by molar-refractivity contribution is -0.142. The van der Waals surface area contributed by atoms with Crippen LogP contribution in [-0.2, 0) is 9.53 Å². The fourth-order valence-corrected chi connectivity index (χ4v) is 3.46. The van der Waals surface area contributed by atoms with E-state index in [1.54, 1.807) is 36.1 Å². The van der Waals surface area contributed by atoms with Gasteiger partial charge in [0.2, 0.25) is 0 Å². The Morgan fingerprint density at radius 1 is 0.889 bits per heavy atom. The fourth-order valence-electron chi connectivity index (χ4n) is 3.46. The Morgan fingerprint density at radius 3 is 1.74 bits per heavy atom. The molecule has 0 aromatic heterocycles. The monoisotopic (exact) mass is 374 g/mol. The standard InChI is InChI=1S/C21H24F2N2O2/c1-15(27-2)21(26)25-13-11-24(12-14-25)20(16-3-7-18(22)8-4-16)17-5-9-19(23)10-6-17/h3-10,15,20H,11-14H2,1-2H3. The molecule has 2 aromatic carbocycles. The molecule has 0 radical (unpaired) electrons. The Kier molecular flexibility index (Phi) is 6.19. The summed E-state index contributed by atoms with van der Waals surface area (Å²) in [5.74, 6) is -0.599. The van der Waals surface area contributed by atoms with Crippen LogP contribution in [0.1, 0.15) is 24.1 Å². The van der Waals surface area contributed by atoms with E-state index in [1.165, 1.54) is 31.4 Å². The van der Waals surface area contributed by atoms with E-state index in [-0.39, 0.29) is 23.6 Å². The molecule has 0 aliphatic carbocycles. The molecule has 3 rings (SSSR count). The maximum atomic E-state index is 13.4. The van der Waals surface area contributed by atoms with E-state index in [0.29, 0.717) is 26.2 Å². The Bertz CT molecular complexity index is 711. The number of hydrogen-bond acceptors (Lipinski definition) is 3. The Morgan fingerprint density at radius 2 is 1.33 bits per heavy atom. The molecular weight excluding hydrogens is 350 g/mol. The minimum Gasteiger partial charge on any atom is -0.372 e. The molecule has 144 valence electrons. The van der Waals surface area contributed by atoms with Crippen molar-refractivity contribution in [2.24, 2.45) is 0 Å². The lowest BCUT2D eigenvalue weighted by atomic mass is 9.96. The van der Waals surface area contributed by atoms with Gasteiger partial charge in [0.15, 0.2) is 0 Å². The number of amides is 1. The van der Waals surface area contributed by atoms with Gasteiger partial charge in [-0.05, 0) is 42.3 Å². The molecule has 1 saturated heterocycles. The van der Waals surface area contributed by atoms with Crippen LogP contribution < -0.4 is 0 Å². The van der Waals surface area contributed by atoms with Gasteiger partial charge in [0.25, 0.3) is 5.91 Å². The summed E-state index contributed by atoms with van der Waals surface area (Å²) in [4.78, 5) is 16.4. The number of hydrogen-bond donors (Lipinski definition) is 0. The van der Waals surface area contributed by atoms with Crippen molar-refractivity contribution < 1.29 is 18.3 Å². The van der Waals surface area contributed by atoms with E-state index < -0.39 is 6.10 Å². The molecule has 4 nitrogen and oxygen atoms in total. The SMILES string of the molecule is COC(C)C(=O)N1CCN(C(c2ccc(F)cc2)c2ccc(F)cc2)CC1. The van der Waals surface area contributed by atoms with Gasteiger partial charge < -0.3 is 9.64 Å². The molecule has 0 spiro atoms. The van der Waals surface area contributed by atoms with Gasteiger partial charge in [0, 0.05) is 33.3 Å². The van der Waals surface area contributed by atoms with Crippen molar-refractivity contribution in [2.75, 3.05) is 33.3 Å². The summed E-state index contributed by atoms with van der Waals surface area (Å²) in [6.07, 6.45) is -0.457. The van der Waals surface area contributed by atoms with Gasteiger partial charge >= 0.3 is 0 Å². The molecule has 1 atom stereocenters. The van der Waals surface area contributed by atoms with Crippen LogP contribution in [0.25, 0.3) is 0 Å². The van der Waals surface area contributed by atoms with Crippen molar-refractivity contribution in [3.8, 4) is 0 Å². The van der Waals surface area contributed by atoms with Crippen molar-refractivity contribution in [3.05, 3.63) is 71.3 Å². The highest BCUT2D eigenvalue weighted by atomic mass is 19.1. The largest absolute Gasteiger partial charge is 0.372 e. The molecule has 0 saturated carbocycles. The van der Waals surface area contributed by atoms with E-state index in [9.17, 15) is 13.6 Å². The molecule has 1 fully saturated rings. The summed E-state index contributed by atoms with van der Waals surface area (Å²) in [6, 6.07) is 12.7. The number of benzene rings is 2. The first kappa shape index (κ1) is 19.5. The number of nitrogens with zero attached hydrogens (tertiary/aromatic N) is 2. The van der Waals surface area contributed by atoms with Crippen molar-refractivity contribution in [3.63, 3.8) is 0 Å². The number of carbonyl (C=O) groups is 1. The molecule has 1 unspecified atom stereocenters. The minimum atomic E-state index is -0.457. The van der Waals surface area contributed by atoms with Gasteiger partial charge in [-0.3, -0.25) is 9.69 Å². The van der Waals surface area contributed by atoms with E-state index in [4.69, 9.17) is 4.74 Å². The highest BCUT2D eigenvalue weighted by molar-refractivity contribution is 5.80. The van der Waals surface area contributed by atoms with Gasteiger partial charge in [0.1, 0.15) is 17.7 Å². The fraction of sp³-hybridized carbons (Fsp3) is 0.381. The second kappa shape index (κ2) is 8.59. The maximum absolute atomic E-state index is 13.4. The first-order valence-electron chi connectivity index (χ1n) is 9.06. The predicted octanol–water partition coefficient (Wildman–Crippen LogP) is 3.23. The quantitative estimate of drug-likeness (QED) is 0.806. The predicted molar refractivity (Wildman–Crippen MR) is 99.3 cm³/mol. The smallest absolute Gasteiger partial charge is 0.251 e. The molecule has 0 bridgehead atoms. The van der Waals surface area contributed by atoms with Gasteiger partial charge in [0.05, 0.1) is 6.04 Å². The van der Waals surface area contributed by atoms with Crippen molar-refractivity contribution >= 4 is 5.91 Å². The summed E-state index contributed by atoms with van der Waals surface area (Å²) in [5, 5.41) is 0. The van der Waals surface area contributed by atoms with Gasteiger partial charge in [-0.15, -0.1) is 0 Å². The molecule has 0 N–H and O–H groups in total. The number of carbonyl (C=O) groups excluding carboxylic acids is 1. The third-order valence-electron chi connectivity index (χ3n) is 5.06. The summed E-state index contributed by atoms with van der Waals surface area (Å²) < 4.78 is 31.9. The van der Waals surface area contributed by atoms with Crippen LogP contribution in [0.15, 0.2) is 48.5 Å². The lowest BCUT2D eigenvalue weighted by Gasteiger charge is -2.40. The second-order valence-electron chi connectivity index (χ2n) is 6.74. The molecule has 1 aliphatic heterocycles. The average molecular weight is 374 g/mol. The highest BCUT2D eigenvalue weighted by Crippen LogP contribution is 2.30. The zero-order chi connectivity index (χ0) is 19.4. The zero-order valence-corrected chi connectivity index (χ0v) is 15.6. The van der Waals surface area contributed by atoms with E-state index in [1.807, 2.05) is 0 Å². The lowest BCUT2D eigenvalue weighted by Crippen LogP contribution is -2.52.